The van der Waals surface area contributed by atoms with E-state index >= 15 is 0 Å². The number of ether oxygens (including phenoxy) is 1. The van der Waals surface area contributed by atoms with Crippen molar-refractivity contribution in [2.45, 2.75) is 31.2 Å². The molecule has 1 aromatic rings. The maximum Gasteiger partial charge on any atom is 0.243 e. The number of hydrogen-bond acceptors (Lipinski definition) is 4. The zero-order valence-corrected chi connectivity index (χ0v) is 13.3. The van der Waals surface area contributed by atoms with E-state index < -0.39 is 15.8 Å². The van der Waals surface area contributed by atoms with Gasteiger partial charge in [0.2, 0.25) is 10.0 Å². The summed E-state index contributed by atoms with van der Waals surface area (Å²) in [6, 6.07) is 4.12. The Kier molecular flexibility index (Phi) is 7.81. The highest BCUT2D eigenvalue weighted by Gasteiger charge is 2.18. The van der Waals surface area contributed by atoms with Crippen LogP contribution in [-0.4, -0.2) is 35.2 Å². The van der Waals surface area contributed by atoms with Crippen LogP contribution in [0.25, 0.3) is 0 Å². The van der Waals surface area contributed by atoms with Gasteiger partial charge in [-0.1, -0.05) is 13.0 Å². The van der Waals surface area contributed by atoms with Crippen molar-refractivity contribution < 1.29 is 17.5 Å². The summed E-state index contributed by atoms with van der Waals surface area (Å²) in [5, 5.41) is 2.88. The molecule has 0 spiro atoms. The van der Waals surface area contributed by atoms with E-state index in [0.29, 0.717) is 31.7 Å². The highest BCUT2D eigenvalue weighted by Crippen LogP contribution is 2.16. The van der Waals surface area contributed by atoms with Crippen molar-refractivity contribution in [3.05, 3.63) is 29.6 Å². The molecule has 0 unspecified atom stereocenters. The maximum atomic E-state index is 13.9. The lowest BCUT2D eigenvalue weighted by Gasteiger charge is -2.09. The Balaban J connectivity index is 2.57. The first-order chi connectivity index (χ1) is 10.0. The van der Waals surface area contributed by atoms with Crippen LogP contribution >= 0.6 is 0 Å². The molecule has 5 nitrogen and oxygen atoms in total. The van der Waals surface area contributed by atoms with Gasteiger partial charge in [-0.15, -0.1) is 0 Å². The third-order valence-corrected chi connectivity index (χ3v) is 4.27. The summed E-state index contributed by atoms with van der Waals surface area (Å²) in [5.74, 6) is -0.738. The number of sulfonamides is 1. The van der Waals surface area contributed by atoms with Crippen LogP contribution in [0.3, 0.4) is 0 Å². The Bertz CT molecular complexity index is 535. The summed E-state index contributed by atoms with van der Waals surface area (Å²) in [6.07, 6.45) is 1.48. The fourth-order valence-electron chi connectivity index (χ4n) is 1.78. The Morgan fingerprint density at radius 3 is 2.67 bits per heavy atom. The van der Waals surface area contributed by atoms with Crippen LogP contribution in [0.2, 0.25) is 0 Å². The van der Waals surface area contributed by atoms with E-state index in [1.165, 1.54) is 12.1 Å². The van der Waals surface area contributed by atoms with E-state index in [0.717, 1.165) is 6.42 Å². The van der Waals surface area contributed by atoms with Crippen molar-refractivity contribution in [2.24, 2.45) is 0 Å². The topological polar surface area (TPSA) is 67.4 Å². The predicted octanol–water partition coefficient (Wildman–Crippen LogP) is 1.64. The molecule has 0 heterocycles. The van der Waals surface area contributed by atoms with Crippen LogP contribution in [0.5, 0.6) is 0 Å². The number of rotatable bonds is 10. The molecule has 0 aliphatic heterocycles. The molecule has 0 saturated carbocycles. The van der Waals surface area contributed by atoms with Crippen molar-refractivity contribution in [1.82, 2.24) is 10.0 Å². The fourth-order valence-corrected chi connectivity index (χ4v) is 2.91. The van der Waals surface area contributed by atoms with Crippen molar-refractivity contribution in [2.75, 3.05) is 26.8 Å². The molecule has 0 aliphatic rings. The van der Waals surface area contributed by atoms with Crippen LogP contribution in [0.4, 0.5) is 4.39 Å². The van der Waals surface area contributed by atoms with E-state index in [4.69, 9.17) is 4.74 Å². The summed E-state index contributed by atoms with van der Waals surface area (Å²) >= 11 is 0. The van der Waals surface area contributed by atoms with E-state index in [1.54, 1.807) is 13.1 Å². The molecule has 0 amide bonds. The van der Waals surface area contributed by atoms with Gasteiger partial charge in [-0.3, -0.25) is 0 Å². The standard InChI is InChI=1S/C14H23FN2O3S/c1-3-8-20-9-4-7-17-21(18,19)14-6-5-12(11-16-2)10-13(14)15/h5-6,10,16-17H,3-4,7-9,11H2,1-2H3. The Morgan fingerprint density at radius 2 is 2.05 bits per heavy atom. The summed E-state index contributed by atoms with van der Waals surface area (Å²) in [5.41, 5.74) is 0.696. The highest BCUT2D eigenvalue weighted by atomic mass is 32.2. The minimum atomic E-state index is -3.82. The van der Waals surface area contributed by atoms with Gasteiger partial charge in [0.1, 0.15) is 10.7 Å². The van der Waals surface area contributed by atoms with Crippen LogP contribution in [0.15, 0.2) is 23.1 Å². The van der Waals surface area contributed by atoms with E-state index in [2.05, 4.69) is 10.0 Å². The maximum absolute atomic E-state index is 13.9. The molecule has 120 valence electrons. The Morgan fingerprint density at radius 1 is 1.29 bits per heavy atom. The first kappa shape index (κ1) is 18.0. The number of halogens is 1. The van der Waals surface area contributed by atoms with E-state index in [-0.39, 0.29) is 11.4 Å². The van der Waals surface area contributed by atoms with Gasteiger partial charge in [0.05, 0.1) is 0 Å². The molecular weight excluding hydrogens is 295 g/mol. The predicted molar refractivity (Wildman–Crippen MR) is 80.1 cm³/mol. The third-order valence-electron chi connectivity index (χ3n) is 2.77. The molecule has 0 bridgehead atoms. The van der Waals surface area contributed by atoms with Crippen LogP contribution in [-0.2, 0) is 21.3 Å². The lowest BCUT2D eigenvalue weighted by atomic mass is 10.2. The number of hydrogen-bond donors (Lipinski definition) is 2. The molecule has 7 heteroatoms. The van der Waals surface area contributed by atoms with Gasteiger partial charge in [0.15, 0.2) is 0 Å². The first-order valence-corrected chi connectivity index (χ1v) is 8.50. The zero-order valence-electron chi connectivity index (χ0n) is 12.5. The van der Waals surface area contributed by atoms with Gasteiger partial charge in [-0.2, -0.15) is 0 Å². The van der Waals surface area contributed by atoms with E-state index in [9.17, 15) is 12.8 Å². The number of nitrogens with one attached hydrogen (secondary N) is 2. The number of benzene rings is 1. The molecule has 0 fully saturated rings. The second kappa shape index (κ2) is 9.09. The smallest absolute Gasteiger partial charge is 0.243 e. The summed E-state index contributed by atoms with van der Waals surface area (Å²) < 4.78 is 45.5. The highest BCUT2D eigenvalue weighted by molar-refractivity contribution is 7.89. The summed E-state index contributed by atoms with van der Waals surface area (Å²) in [7, 11) is -2.08. The second-order valence-electron chi connectivity index (χ2n) is 4.66. The first-order valence-electron chi connectivity index (χ1n) is 7.01. The minimum absolute atomic E-state index is 0.226. The van der Waals surface area contributed by atoms with Gasteiger partial charge in [-0.25, -0.2) is 17.5 Å². The molecule has 2 N–H and O–H groups in total. The van der Waals surface area contributed by atoms with Gasteiger partial charge < -0.3 is 10.1 Å². The van der Waals surface area contributed by atoms with Gasteiger partial charge in [-0.05, 0) is 37.6 Å². The van der Waals surface area contributed by atoms with Crippen molar-refractivity contribution in [1.29, 1.82) is 0 Å². The van der Waals surface area contributed by atoms with Crippen molar-refractivity contribution in [3.8, 4) is 0 Å². The largest absolute Gasteiger partial charge is 0.381 e. The SMILES string of the molecule is CCCOCCCNS(=O)(=O)c1ccc(CNC)cc1F. The van der Waals surface area contributed by atoms with Gasteiger partial charge in [0.25, 0.3) is 0 Å². The summed E-state index contributed by atoms with van der Waals surface area (Å²) in [6.45, 7) is 3.86. The second-order valence-corrected chi connectivity index (χ2v) is 6.39. The average Bonchev–Trinajstić information content (AvgIpc) is 2.43. The van der Waals surface area contributed by atoms with Crippen LogP contribution in [0, 0.1) is 5.82 Å². The quantitative estimate of drug-likeness (QED) is 0.644. The molecule has 1 aromatic carbocycles. The molecule has 1 rings (SSSR count). The normalized spacial score (nSPS) is 11.8. The lowest BCUT2D eigenvalue weighted by molar-refractivity contribution is 0.133. The molecule has 21 heavy (non-hydrogen) atoms. The van der Waals surface area contributed by atoms with Gasteiger partial charge in [0, 0.05) is 26.3 Å². The zero-order chi connectivity index (χ0) is 15.7. The third kappa shape index (κ3) is 6.09. The molecule has 0 aliphatic carbocycles. The van der Waals surface area contributed by atoms with Crippen molar-refractivity contribution >= 4 is 10.0 Å². The molecule has 0 radical (unpaired) electrons. The molecule has 0 atom stereocenters. The molecular formula is C14H23FN2O3S. The molecule has 0 aromatic heterocycles. The average molecular weight is 318 g/mol. The monoisotopic (exact) mass is 318 g/mol. The van der Waals surface area contributed by atoms with E-state index in [1.807, 2.05) is 6.92 Å². The fraction of sp³-hybridized carbons (Fsp3) is 0.571. The summed E-state index contributed by atoms with van der Waals surface area (Å²) in [4.78, 5) is -0.322. The minimum Gasteiger partial charge on any atom is -0.381 e. The Hall–Kier alpha value is -1.02. The van der Waals surface area contributed by atoms with Crippen LogP contribution < -0.4 is 10.0 Å². The van der Waals surface area contributed by atoms with Crippen molar-refractivity contribution in [3.63, 3.8) is 0 Å². The Labute approximate surface area is 125 Å². The molecule has 0 saturated heterocycles. The lowest BCUT2D eigenvalue weighted by Crippen LogP contribution is -2.26. The van der Waals surface area contributed by atoms with Crippen LogP contribution in [0.1, 0.15) is 25.3 Å². The van der Waals surface area contributed by atoms with Gasteiger partial charge >= 0.3 is 0 Å².